The van der Waals surface area contributed by atoms with Crippen LogP contribution >= 0.6 is 0 Å². The van der Waals surface area contributed by atoms with Crippen LogP contribution in [0.25, 0.3) is 0 Å². The minimum Gasteiger partial charge on any atom is -0.366 e. The number of ether oxygens (including phenoxy) is 1. The van der Waals surface area contributed by atoms with Crippen molar-refractivity contribution in [2.45, 2.75) is 24.7 Å². The maximum absolute atomic E-state index is 10.9. The van der Waals surface area contributed by atoms with Gasteiger partial charge in [-0.25, -0.2) is 0 Å². The van der Waals surface area contributed by atoms with Gasteiger partial charge in [0.05, 0.1) is 18.1 Å². The van der Waals surface area contributed by atoms with Crippen LogP contribution in [0.15, 0.2) is 0 Å². The van der Waals surface area contributed by atoms with E-state index in [1.54, 1.807) is 0 Å². The Morgan fingerprint density at radius 2 is 2.44 bits per heavy atom. The molecule has 1 aliphatic carbocycles. The minimum atomic E-state index is 0.207. The number of nitrogens with one attached hydrogen (secondary N) is 1. The van der Waals surface area contributed by atoms with E-state index in [-0.39, 0.29) is 11.8 Å². The first-order valence-corrected chi connectivity index (χ1v) is 3.32. The number of carbonyl (C=O) groups excluding carboxylic acids is 1. The molecule has 0 aromatic heterocycles. The van der Waals surface area contributed by atoms with Gasteiger partial charge in [-0.05, 0) is 6.42 Å². The van der Waals surface area contributed by atoms with Gasteiger partial charge in [-0.15, -0.1) is 0 Å². The molecule has 0 radical (unpaired) electrons. The zero-order valence-corrected chi connectivity index (χ0v) is 4.83. The van der Waals surface area contributed by atoms with Crippen molar-refractivity contribution >= 4 is 5.91 Å². The molecule has 3 fully saturated rings. The lowest BCUT2D eigenvalue weighted by molar-refractivity contribution is -0.123. The van der Waals surface area contributed by atoms with E-state index in [9.17, 15) is 4.79 Å². The summed E-state index contributed by atoms with van der Waals surface area (Å²) in [6, 6.07) is 0.368. The number of epoxide rings is 1. The fourth-order valence-corrected chi connectivity index (χ4v) is 2.01. The highest BCUT2D eigenvalue weighted by molar-refractivity contribution is 5.84. The van der Waals surface area contributed by atoms with Gasteiger partial charge in [-0.1, -0.05) is 0 Å². The van der Waals surface area contributed by atoms with Gasteiger partial charge in [0.25, 0.3) is 0 Å². The molecule has 0 spiro atoms. The number of rotatable bonds is 0. The van der Waals surface area contributed by atoms with Crippen molar-refractivity contribution in [2.24, 2.45) is 5.92 Å². The molecule has 3 nitrogen and oxygen atoms in total. The lowest BCUT2D eigenvalue weighted by atomic mass is 10.1. The Balaban J connectivity index is 2.04. The van der Waals surface area contributed by atoms with E-state index < -0.39 is 0 Å². The van der Waals surface area contributed by atoms with Gasteiger partial charge >= 0.3 is 0 Å². The maximum Gasteiger partial charge on any atom is 0.226 e. The van der Waals surface area contributed by atoms with Crippen LogP contribution in [0.2, 0.25) is 0 Å². The van der Waals surface area contributed by atoms with Crippen molar-refractivity contribution in [3.8, 4) is 0 Å². The molecule has 4 atom stereocenters. The monoisotopic (exact) mass is 125 g/mol. The van der Waals surface area contributed by atoms with E-state index >= 15 is 0 Å². The molecule has 2 heterocycles. The molecule has 1 saturated carbocycles. The lowest BCUT2D eigenvalue weighted by Gasteiger charge is -2.04. The third-order valence-corrected chi connectivity index (χ3v) is 2.53. The number of amides is 1. The Hall–Kier alpha value is -0.570. The molecular formula is C6H7NO2. The van der Waals surface area contributed by atoms with Crippen LogP contribution < -0.4 is 5.32 Å². The average Bonchev–Trinajstić information content (AvgIpc) is 2.46. The Labute approximate surface area is 52.4 Å². The molecule has 0 unspecified atom stereocenters. The second kappa shape index (κ2) is 1.01. The van der Waals surface area contributed by atoms with E-state index in [4.69, 9.17) is 4.74 Å². The standard InChI is InChI=1S/C6H7NO2/c8-6-2-1-3(7-6)5-4(2)9-5/h2-5H,1H2,(H,7,8)/t2-,3+,4-,5+/m1/s1. The summed E-state index contributed by atoms with van der Waals surface area (Å²) in [5.41, 5.74) is 0. The van der Waals surface area contributed by atoms with Crippen molar-refractivity contribution in [3.05, 3.63) is 0 Å². The first kappa shape index (κ1) is 4.28. The molecule has 2 saturated heterocycles. The fourth-order valence-electron chi connectivity index (χ4n) is 2.01. The van der Waals surface area contributed by atoms with Gasteiger partial charge in [-0.2, -0.15) is 0 Å². The summed E-state index contributed by atoms with van der Waals surface area (Å²) >= 11 is 0. The maximum atomic E-state index is 10.9. The lowest BCUT2D eigenvalue weighted by Crippen LogP contribution is -2.35. The second-order valence-electron chi connectivity index (χ2n) is 3.02. The summed E-state index contributed by atoms with van der Waals surface area (Å²) in [7, 11) is 0. The van der Waals surface area contributed by atoms with E-state index in [1.165, 1.54) is 0 Å². The number of carbonyl (C=O) groups is 1. The predicted molar refractivity (Wildman–Crippen MR) is 28.7 cm³/mol. The van der Waals surface area contributed by atoms with E-state index in [2.05, 4.69) is 5.32 Å². The molecule has 3 aliphatic rings. The fraction of sp³-hybridized carbons (Fsp3) is 0.833. The smallest absolute Gasteiger partial charge is 0.226 e. The highest BCUT2D eigenvalue weighted by Gasteiger charge is 2.63. The normalized spacial score (nSPS) is 59.3. The van der Waals surface area contributed by atoms with Crippen molar-refractivity contribution in [1.29, 1.82) is 0 Å². The molecule has 3 heteroatoms. The largest absolute Gasteiger partial charge is 0.366 e. The van der Waals surface area contributed by atoms with Crippen molar-refractivity contribution in [2.75, 3.05) is 0 Å². The second-order valence-corrected chi connectivity index (χ2v) is 3.02. The summed E-state index contributed by atoms with van der Waals surface area (Å²) in [4.78, 5) is 10.9. The van der Waals surface area contributed by atoms with Crippen molar-refractivity contribution in [3.63, 3.8) is 0 Å². The molecule has 1 amide bonds. The third kappa shape index (κ3) is 0.339. The predicted octanol–water partition coefficient (Wildman–Crippen LogP) is -0.728. The summed E-state index contributed by atoms with van der Waals surface area (Å²) < 4.78 is 5.23. The number of piperidine rings is 1. The Bertz CT molecular complexity index is 191. The van der Waals surface area contributed by atoms with Gasteiger partial charge in [0, 0.05) is 0 Å². The summed E-state index contributed by atoms with van der Waals surface area (Å²) in [5.74, 6) is 0.416. The summed E-state index contributed by atoms with van der Waals surface area (Å²) in [5, 5.41) is 2.88. The molecular weight excluding hydrogens is 118 g/mol. The molecule has 0 aromatic rings. The van der Waals surface area contributed by atoms with Crippen LogP contribution in [0.3, 0.4) is 0 Å². The molecule has 1 N–H and O–H groups in total. The van der Waals surface area contributed by atoms with Gasteiger partial charge in [0.15, 0.2) is 0 Å². The SMILES string of the molecule is O=C1N[C@H]2C[C@@H]1[C@H]1O[C@H]12. The molecule has 2 bridgehead atoms. The first-order valence-electron chi connectivity index (χ1n) is 3.32. The highest BCUT2D eigenvalue weighted by atomic mass is 16.6. The number of hydrogen-bond acceptors (Lipinski definition) is 2. The highest BCUT2D eigenvalue weighted by Crippen LogP contribution is 2.46. The van der Waals surface area contributed by atoms with Crippen LogP contribution in [0.5, 0.6) is 0 Å². The third-order valence-electron chi connectivity index (χ3n) is 2.53. The number of hydrogen-bond donors (Lipinski definition) is 1. The van der Waals surface area contributed by atoms with Crippen LogP contribution in [-0.2, 0) is 9.53 Å². The molecule has 9 heavy (non-hydrogen) atoms. The van der Waals surface area contributed by atoms with Crippen LogP contribution in [0.4, 0.5) is 0 Å². The zero-order chi connectivity index (χ0) is 6.01. The van der Waals surface area contributed by atoms with Crippen LogP contribution in [-0.4, -0.2) is 24.2 Å². The Morgan fingerprint density at radius 3 is 3.00 bits per heavy atom. The van der Waals surface area contributed by atoms with E-state index in [1.807, 2.05) is 0 Å². The summed E-state index contributed by atoms with van der Waals surface area (Å²) in [6.07, 6.45) is 1.73. The van der Waals surface area contributed by atoms with E-state index in [0.717, 1.165) is 6.42 Å². The van der Waals surface area contributed by atoms with Crippen LogP contribution in [0, 0.1) is 5.92 Å². The van der Waals surface area contributed by atoms with E-state index in [0.29, 0.717) is 18.2 Å². The molecule has 2 aliphatic heterocycles. The minimum absolute atomic E-state index is 0.207. The molecule has 3 rings (SSSR count). The Morgan fingerprint density at radius 1 is 1.56 bits per heavy atom. The van der Waals surface area contributed by atoms with Gasteiger partial charge in [-0.3, -0.25) is 4.79 Å². The van der Waals surface area contributed by atoms with Crippen LogP contribution in [0.1, 0.15) is 6.42 Å². The zero-order valence-electron chi connectivity index (χ0n) is 4.83. The summed E-state index contributed by atoms with van der Waals surface area (Å²) in [6.45, 7) is 0. The quantitative estimate of drug-likeness (QED) is 0.434. The Kier molecular flexibility index (Phi) is 0.481. The topological polar surface area (TPSA) is 41.6 Å². The van der Waals surface area contributed by atoms with Crippen molar-refractivity contribution in [1.82, 2.24) is 5.32 Å². The molecule has 48 valence electrons. The first-order chi connectivity index (χ1) is 4.36. The molecule has 0 aromatic carbocycles. The number of fused-ring (bicyclic) bond motifs is 5. The van der Waals surface area contributed by atoms with Crippen molar-refractivity contribution < 1.29 is 9.53 Å². The average molecular weight is 125 g/mol. The van der Waals surface area contributed by atoms with Gasteiger partial charge < -0.3 is 10.1 Å². The van der Waals surface area contributed by atoms with Gasteiger partial charge in [0.1, 0.15) is 6.10 Å². The van der Waals surface area contributed by atoms with Gasteiger partial charge in [0.2, 0.25) is 5.91 Å².